The number of rotatable bonds is 7. The fourth-order valence-corrected chi connectivity index (χ4v) is 3.16. The van der Waals surface area contributed by atoms with E-state index < -0.39 is 23.9 Å². The molecule has 0 aromatic heterocycles. The molecule has 0 radical (unpaired) electrons. The van der Waals surface area contributed by atoms with E-state index in [1.54, 1.807) is 42.5 Å². The van der Waals surface area contributed by atoms with E-state index in [4.69, 9.17) is 23.2 Å². The quantitative estimate of drug-likeness (QED) is 0.588. The molecular weight excluding hydrogens is 427 g/mol. The molecule has 1 atom stereocenters. The lowest BCUT2D eigenvalue weighted by molar-refractivity contribution is -0.135. The minimum absolute atomic E-state index is 0.192. The number of carbonyl (C=O) groups excluding carboxylic acids is 3. The molecule has 4 amide bonds. The van der Waals surface area contributed by atoms with Gasteiger partial charge in [0.15, 0.2) is 0 Å². The van der Waals surface area contributed by atoms with E-state index in [0.29, 0.717) is 15.7 Å². The molecule has 0 aliphatic heterocycles. The lowest BCUT2D eigenvalue weighted by atomic mass is 10.0. The van der Waals surface area contributed by atoms with Crippen molar-refractivity contribution in [1.29, 1.82) is 0 Å². The van der Waals surface area contributed by atoms with Gasteiger partial charge in [-0.1, -0.05) is 61.3 Å². The number of halogens is 2. The van der Waals surface area contributed by atoms with Gasteiger partial charge in [-0.25, -0.2) is 4.79 Å². The molecule has 0 bridgehead atoms. The zero-order valence-corrected chi connectivity index (χ0v) is 18.4. The third-order valence-corrected chi connectivity index (χ3v) is 4.87. The van der Waals surface area contributed by atoms with Crippen molar-refractivity contribution < 1.29 is 14.4 Å². The molecule has 0 heterocycles. The van der Waals surface area contributed by atoms with Crippen LogP contribution < -0.4 is 16.0 Å². The molecule has 2 rings (SSSR count). The Kier molecular flexibility index (Phi) is 8.50. The van der Waals surface area contributed by atoms with Gasteiger partial charge in [0.25, 0.3) is 0 Å². The summed E-state index contributed by atoms with van der Waals surface area (Å²) in [5.74, 6) is -1.05. The highest BCUT2D eigenvalue weighted by molar-refractivity contribution is 6.39. The number of likely N-dealkylation sites (N-methyl/N-ethyl adjacent to an activating group) is 1. The van der Waals surface area contributed by atoms with E-state index in [2.05, 4.69) is 16.0 Å². The van der Waals surface area contributed by atoms with E-state index in [1.807, 2.05) is 19.9 Å². The lowest BCUT2D eigenvalue weighted by Gasteiger charge is -2.27. The van der Waals surface area contributed by atoms with Crippen LogP contribution in [0.4, 0.5) is 16.2 Å². The number of carbonyl (C=O) groups is 3. The number of hydrogen-bond acceptors (Lipinski definition) is 3. The number of amides is 4. The summed E-state index contributed by atoms with van der Waals surface area (Å²) in [6.45, 7) is 3.39. The fourth-order valence-electron chi connectivity index (χ4n) is 2.67. The molecule has 0 fully saturated rings. The maximum Gasteiger partial charge on any atom is 0.319 e. The van der Waals surface area contributed by atoms with E-state index in [1.165, 1.54) is 11.9 Å². The van der Waals surface area contributed by atoms with Crippen LogP contribution in [0.5, 0.6) is 0 Å². The van der Waals surface area contributed by atoms with Crippen LogP contribution in [0.1, 0.15) is 13.8 Å². The largest absolute Gasteiger partial charge is 0.335 e. The standard InChI is InChI=1S/C21H24Cl2N4O3/c1-13(2)18(26-21(30)24-14-8-5-4-6-9-14)20(29)27(3)12-17(28)25-19-15(22)10-7-11-16(19)23/h4-11,13,18H,12H2,1-3H3,(H,25,28)(H2,24,26,30). The van der Waals surface area contributed by atoms with Crippen LogP contribution in [0.25, 0.3) is 0 Å². The van der Waals surface area contributed by atoms with Gasteiger partial charge in [-0.3, -0.25) is 9.59 Å². The second-order valence-electron chi connectivity index (χ2n) is 7.03. The van der Waals surface area contributed by atoms with Gasteiger partial charge in [0.2, 0.25) is 11.8 Å². The van der Waals surface area contributed by atoms with Crippen LogP contribution in [0.15, 0.2) is 48.5 Å². The van der Waals surface area contributed by atoms with Crippen molar-refractivity contribution in [2.24, 2.45) is 5.92 Å². The number of para-hydroxylation sites is 2. The van der Waals surface area contributed by atoms with Gasteiger partial charge in [-0.2, -0.15) is 0 Å². The van der Waals surface area contributed by atoms with Gasteiger partial charge in [0.05, 0.1) is 22.3 Å². The van der Waals surface area contributed by atoms with Crippen LogP contribution in [0.3, 0.4) is 0 Å². The highest BCUT2D eigenvalue weighted by Crippen LogP contribution is 2.29. The first-order valence-corrected chi connectivity index (χ1v) is 10.1. The van der Waals surface area contributed by atoms with Crippen molar-refractivity contribution in [3.63, 3.8) is 0 Å². The maximum atomic E-state index is 12.8. The Morgan fingerprint density at radius 1 is 0.933 bits per heavy atom. The third-order valence-electron chi connectivity index (χ3n) is 4.24. The average molecular weight is 451 g/mol. The van der Waals surface area contributed by atoms with Crippen molar-refractivity contribution in [2.75, 3.05) is 24.2 Å². The molecule has 30 heavy (non-hydrogen) atoms. The maximum absolute atomic E-state index is 12.8. The van der Waals surface area contributed by atoms with E-state index in [0.717, 1.165) is 0 Å². The molecule has 0 saturated heterocycles. The van der Waals surface area contributed by atoms with Crippen LogP contribution in [-0.4, -0.2) is 42.4 Å². The summed E-state index contributed by atoms with van der Waals surface area (Å²) >= 11 is 12.1. The summed E-state index contributed by atoms with van der Waals surface area (Å²) in [4.78, 5) is 38.7. The highest BCUT2D eigenvalue weighted by atomic mass is 35.5. The number of anilines is 2. The van der Waals surface area contributed by atoms with Crippen molar-refractivity contribution in [3.8, 4) is 0 Å². The summed E-state index contributed by atoms with van der Waals surface area (Å²) < 4.78 is 0. The zero-order chi connectivity index (χ0) is 22.3. The molecular formula is C21H24Cl2N4O3. The van der Waals surface area contributed by atoms with Crippen molar-refractivity contribution in [3.05, 3.63) is 58.6 Å². The van der Waals surface area contributed by atoms with E-state index in [-0.39, 0.29) is 18.2 Å². The van der Waals surface area contributed by atoms with Crippen molar-refractivity contribution in [1.82, 2.24) is 10.2 Å². The lowest BCUT2D eigenvalue weighted by Crippen LogP contribution is -2.52. The molecule has 2 aromatic carbocycles. The smallest absolute Gasteiger partial charge is 0.319 e. The number of urea groups is 1. The summed E-state index contributed by atoms with van der Waals surface area (Å²) in [5.41, 5.74) is 0.891. The summed E-state index contributed by atoms with van der Waals surface area (Å²) in [7, 11) is 1.49. The molecule has 2 aromatic rings. The summed E-state index contributed by atoms with van der Waals surface area (Å²) in [6.07, 6.45) is 0. The predicted molar refractivity (Wildman–Crippen MR) is 120 cm³/mol. The number of nitrogens with zero attached hydrogens (tertiary/aromatic N) is 1. The molecule has 3 N–H and O–H groups in total. The molecule has 9 heteroatoms. The molecule has 160 valence electrons. The second kappa shape index (κ2) is 10.8. The topological polar surface area (TPSA) is 90.5 Å². The van der Waals surface area contributed by atoms with Crippen LogP contribution in [0.2, 0.25) is 10.0 Å². The summed E-state index contributed by atoms with van der Waals surface area (Å²) in [5, 5.41) is 8.55. The first kappa shape index (κ1) is 23.5. The average Bonchev–Trinajstić information content (AvgIpc) is 2.69. The van der Waals surface area contributed by atoms with E-state index >= 15 is 0 Å². The Bertz CT molecular complexity index is 886. The first-order chi connectivity index (χ1) is 14.2. The number of hydrogen-bond donors (Lipinski definition) is 3. The van der Waals surface area contributed by atoms with Gasteiger partial charge >= 0.3 is 6.03 Å². The molecule has 0 aliphatic rings. The second-order valence-corrected chi connectivity index (χ2v) is 7.84. The molecule has 0 aliphatic carbocycles. The van der Waals surface area contributed by atoms with Crippen LogP contribution in [0, 0.1) is 5.92 Å². The Balaban J connectivity index is 1.98. The SMILES string of the molecule is CC(C)C(NC(=O)Nc1ccccc1)C(=O)N(C)CC(=O)Nc1c(Cl)cccc1Cl. The highest BCUT2D eigenvalue weighted by Gasteiger charge is 2.28. The van der Waals surface area contributed by atoms with Gasteiger partial charge in [-0.05, 0) is 30.2 Å². The van der Waals surface area contributed by atoms with Crippen molar-refractivity contribution >= 4 is 52.4 Å². The minimum Gasteiger partial charge on any atom is -0.335 e. The molecule has 0 spiro atoms. The van der Waals surface area contributed by atoms with Gasteiger partial charge in [-0.15, -0.1) is 0 Å². The molecule has 1 unspecified atom stereocenters. The van der Waals surface area contributed by atoms with Gasteiger partial charge < -0.3 is 20.9 Å². The number of benzene rings is 2. The predicted octanol–water partition coefficient (Wildman–Crippen LogP) is 4.24. The van der Waals surface area contributed by atoms with Crippen LogP contribution >= 0.6 is 23.2 Å². The van der Waals surface area contributed by atoms with Gasteiger partial charge in [0.1, 0.15) is 6.04 Å². The molecule has 7 nitrogen and oxygen atoms in total. The Hall–Kier alpha value is -2.77. The van der Waals surface area contributed by atoms with Crippen molar-refractivity contribution in [2.45, 2.75) is 19.9 Å². The first-order valence-electron chi connectivity index (χ1n) is 9.30. The normalized spacial score (nSPS) is 11.5. The zero-order valence-electron chi connectivity index (χ0n) is 16.9. The molecule has 0 saturated carbocycles. The Morgan fingerprint density at radius 2 is 1.53 bits per heavy atom. The Morgan fingerprint density at radius 3 is 2.10 bits per heavy atom. The fraction of sp³-hybridized carbons (Fsp3) is 0.286. The summed E-state index contributed by atoms with van der Waals surface area (Å²) in [6, 6.07) is 12.4. The monoisotopic (exact) mass is 450 g/mol. The Labute approximate surface area is 185 Å². The van der Waals surface area contributed by atoms with Gasteiger partial charge in [0, 0.05) is 12.7 Å². The minimum atomic E-state index is -0.810. The third kappa shape index (κ3) is 6.64. The number of nitrogens with one attached hydrogen (secondary N) is 3. The van der Waals surface area contributed by atoms with Crippen LogP contribution in [-0.2, 0) is 9.59 Å². The van der Waals surface area contributed by atoms with E-state index in [9.17, 15) is 14.4 Å².